The summed E-state index contributed by atoms with van der Waals surface area (Å²) in [6.07, 6.45) is 3.68. The molecule has 1 fully saturated rings. The molecule has 2 atom stereocenters. The number of ether oxygens (including phenoxy) is 1. The van der Waals surface area contributed by atoms with Crippen molar-refractivity contribution in [3.8, 4) is 0 Å². The van der Waals surface area contributed by atoms with E-state index in [2.05, 4.69) is 0 Å². The minimum Gasteiger partial charge on any atom is -0.400 e. The van der Waals surface area contributed by atoms with E-state index < -0.39 is 5.79 Å². The van der Waals surface area contributed by atoms with Crippen LogP contribution in [0.2, 0.25) is 0 Å². The Bertz CT molecular complexity index is 131. The monoisotopic (exact) mass is 176 g/mol. The molecule has 2 unspecified atom stereocenters. The molecule has 0 aromatic rings. The summed E-state index contributed by atoms with van der Waals surface area (Å²) in [5.41, 5.74) is 0. The quantitative estimate of drug-likeness (QED) is 0.458. The zero-order chi connectivity index (χ0) is 8.32. The average Bonchev–Trinajstić information content (AvgIpc) is 2.05. The third kappa shape index (κ3) is 1.82. The van der Waals surface area contributed by atoms with Gasteiger partial charge in [-0.3, -0.25) is 0 Å². The molecular weight excluding hydrogens is 160 g/mol. The Morgan fingerprint density at radius 3 is 2.73 bits per heavy atom. The third-order valence-corrected chi connectivity index (χ3v) is 3.10. The van der Waals surface area contributed by atoms with Crippen LogP contribution in [0.5, 0.6) is 0 Å². The molecule has 0 spiro atoms. The number of aliphatic hydroxyl groups is 1. The van der Waals surface area contributed by atoms with Gasteiger partial charge in [0.2, 0.25) is 0 Å². The highest BCUT2D eigenvalue weighted by atomic mass is 28.2. The van der Waals surface area contributed by atoms with Crippen molar-refractivity contribution < 1.29 is 14.3 Å². The molecular formula is C7H16O3Si. The first kappa shape index (κ1) is 9.19. The molecule has 0 radical (unpaired) electrons. The first-order valence-corrected chi connectivity index (χ1v) is 4.85. The summed E-state index contributed by atoms with van der Waals surface area (Å²) in [5.74, 6) is -0.973. The van der Waals surface area contributed by atoms with Crippen molar-refractivity contribution in [2.45, 2.75) is 37.6 Å². The Kier molecular flexibility index (Phi) is 3.06. The fourth-order valence-electron chi connectivity index (χ4n) is 1.63. The molecule has 0 saturated heterocycles. The number of rotatable bonds is 2. The molecule has 1 aliphatic rings. The van der Waals surface area contributed by atoms with Gasteiger partial charge in [-0.2, -0.15) is 0 Å². The lowest BCUT2D eigenvalue weighted by Gasteiger charge is -2.37. The highest BCUT2D eigenvalue weighted by Gasteiger charge is 2.38. The molecule has 11 heavy (non-hydrogen) atoms. The first-order chi connectivity index (χ1) is 5.23. The molecule has 1 saturated carbocycles. The Morgan fingerprint density at radius 2 is 2.27 bits per heavy atom. The summed E-state index contributed by atoms with van der Waals surface area (Å²) in [6.45, 7) is 0. The predicted octanol–water partition coefficient (Wildman–Crippen LogP) is -0.439. The van der Waals surface area contributed by atoms with E-state index >= 15 is 0 Å². The van der Waals surface area contributed by atoms with Gasteiger partial charge >= 0.3 is 0 Å². The minimum absolute atomic E-state index is 0.117. The molecule has 0 aromatic heterocycles. The molecule has 0 aliphatic heterocycles. The summed E-state index contributed by atoms with van der Waals surface area (Å²) in [5, 5.41) is 9.83. The van der Waals surface area contributed by atoms with Crippen LogP contribution >= 0.6 is 0 Å². The van der Waals surface area contributed by atoms with Crippen LogP contribution in [0.1, 0.15) is 25.7 Å². The lowest BCUT2D eigenvalue weighted by Crippen LogP contribution is -2.47. The van der Waals surface area contributed by atoms with Crippen LogP contribution in [-0.2, 0) is 9.16 Å². The van der Waals surface area contributed by atoms with Gasteiger partial charge in [-0.25, -0.2) is 0 Å². The minimum atomic E-state index is -0.973. The van der Waals surface area contributed by atoms with Crippen molar-refractivity contribution in [1.29, 1.82) is 0 Å². The summed E-state index contributed by atoms with van der Waals surface area (Å²) < 4.78 is 10.3. The first-order valence-electron chi connectivity index (χ1n) is 4.03. The SMILES string of the molecule is COC1CCCCC1(O)O[SiH3]. The number of hydrogen-bond donors (Lipinski definition) is 1. The molecule has 0 aromatic carbocycles. The van der Waals surface area contributed by atoms with E-state index in [-0.39, 0.29) is 6.10 Å². The van der Waals surface area contributed by atoms with Gasteiger partial charge in [-0.15, -0.1) is 0 Å². The molecule has 1 rings (SSSR count). The van der Waals surface area contributed by atoms with E-state index in [0.717, 1.165) is 25.7 Å². The third-order valence-electron chi connectivity index (χ3n) is 2.39. The van der Waals surface area contributed by atoms with Crippen LogP contribution in [0, 0.1) is 0 Å². The second kappa shape index (κ2) is 3.67. The van der Waals surface area contributed by atoms with Gasteiger partial charge in [0.1, 0.15) is 16.6 Å². The Balaban J connectivity index is 2.57. The highest BCUT2D eigenvalue weighted by Crippen LogP contribution is 2.30. The van der Waals surface area contributed by atoms with E-state index in [1.807, 2.05) is 0 Å². The van der Waals surface area contributed by atoms with Crippen molar-refractivity contribution in [3.63, 3.8) is 0 Å². The highest BCUT2D eigenvalue weighted by molar-refractivity contribution is 5.98. The molecule has 1 N–H and O–H groups in total. The normalized spacial score (nSPS) is 39.3. The summed E-state index contributed by atoms with van der Waals surface area (Å²) in [6, 6.07) is 0. The molecule has 0 heterocycles. The van der Waals surface area contributed by atoms with E-state index in [0.29, 0.717) is 10.5 Å². The topological polar surface area (TPSA) is 38.7 Å². The van der Waals surface area contributed by atoms with Gasteiger partial charge in [0.15, 0.2) is 5.79 Å². The molecule has 0 bridgehead atoms. The lowest BCUT2D eigenvalue weighted by atomic mass is 9.91. The maximum atomic E-state index is 9.83. The number of hydrogen-bond acceptors (Lipinski definition) is 3. The van der Waals surface area contributed by atoms with Gasteiger partial charge in [-0.05, 0) is 12.8 Å². The second-order valence-electron chi connectivity index (χ2n) is 3.02. The van der Waals surface area contributed by atoms with Crippen molar-refractivity contribution in [2.24, 2.45) is 0 Å². The van der Waals surface area contributed by atoms with E-state index in [9.17, 15) is 5.11 Å². The van der Waals surface area contributed by atoms with Gasteiger partial charge in [0.05, 0.1) is 0 Å². The molecule has 4 heteroatoms. The van der Waals surface area contributed by atoms with E-state index in [1.54, 1.807) is 7.11 Å². The van der Waals surface area contributed by atoms with Crippen LogP contribution < -0.4 is 0 Å². The summed E-state index contributed by atoms with van der Waals surface area (Å²) in [4.78, 5) is 0. The Labute approximate surface area is 70.2 Å². The Hall–Kier alpha value is 0.0969. The molecule has 1 aliphatic carbocycles. The lowest BCUT2D eigenvalue weighted by molar-refractivity contribution is -0.228. The number of methoxy groups -OCH3 is 1. The van der Waals surface area contributed by atoms with Crippen LogP contribution in [0.3, 0.4) is 0 Å². The van der Waals surface area contributed by atoms with Gasteiger partial charge in [-0.1, -0.05) is 6.42 Å². The maximum Gasteiger partial charge on any atom is 0.182 e. The van der Waals surface area contributed by atoms with Crippen LogP contribution in [0.25, 0.3) is 0 Å². The largest absolute Gasteiger partial charge is 0.400 e. The van der Waals surface area contributed by atoms with Crippen LogP contribution in [0.4, 0.5) is 0 Å². The van der Waals surface area contributed by atoms with Gasteiger partial charge in [0.25, 0.3) is 0 Å². The molecule has 3 nitrogen and oxygen atoms in total. The summed E-state index contributed by atoms with van der Waals surface area (Å²) >= 11 is 0. The molecule has 66 valence electrons. The zero-order valence-electron chi connectivity index (χ0n) is 7.17. The van der Waals surface area contributed by atoms with Gasteiger partial charge in [0, 0.05) is 13.5 Å². The van der Waals surface area contributed by atoms with Gasteiger partial charge < -0.3 is 14.3 Å². The van der Waals surface area contributed by atoms with E-state index in [4.69, 9.17) is 9.16 Å². The van der Waals surface area contributed by atoms with Crippen molar-refractivity contribution in [2.75, 3.05) is 7.11 Å². The zero-order valence-corrected chi connectivity index (χ0v) is 9.17. The van der Waals surface area contributed by atoms with Crippen molar-refractivity contribution >= 4 is 10.5 Å². The van der Waals surface area contributed by atoms with Crippen molar-refractivity contribution in [1.82, 2.24) is 0 Å². The van der Waals surface area contributed by atoms with E-state index in [1.165, 1.54) is 0 Å². The second-order valence-corrected chi connectivity index (χ2v) is 3.43. The summed E-state index contributed by atoms with van der Waals surface area (Å²) in [7, 11) is 2.19. The fraction of sp³-hybridized carbons (Fsp3) is 1.00. The predicted molar refractivity (Wildman–Crippen MR) is 45.2 cm³/mol. The van der Waals surface area contributed by atoms with Crippen LogP contribution in [0.15, 0.2) is 0 Å². The average molecular weight is 176 g/mol. The fourth-order valence-corrected chi connectivity index (χ4v) is 2.10. The Morgan fingerprint density at radius 1 is 1.55 bits per heavy atom. The van der Waals surface area contributed by atoms with Crippen LogP contribution in [-0.4, -0.2) is 34.6 Å². The standard InChI is InChI=1S/C7H16O3Si/c1-9-6-4-2-3-5-7(6,8)10-11/h6,8H,2-5H2,1,11H3. The molecule has 0 amide bonds. The maximum absolute atomic E-state index is 9.83. The smallest absolute Gasteiger partial charge is 0.182 e. The van der Waals surface area contributed by atoms with Crippen molar-refractivity contribution in [3.05, 3.63) is 0 Å².